The molecule has 2 aromatic rings. The highest BCUT2D eigenvalue weighted by atomic mass is 32.1. The highest BCUT2D eigenvalue weighted by Gasteiger charge is 2.17. The molecule has 0 aromatic carbocycles. The minimum Gasteiger partial charge on any atom is -0.392 e. The second-order valence-electron chi connectivity index (χ2n) is 3.80. The zero-order chi connectivity index (χ0) is 13.1. The second-order valence-corrected chi connectivity index (χ2v) is 4.27. The standard InChI is InChI=1S/C11H13N5OS/c1-2-8(10(12)18)15-11(17)7-5-14-16-4-3-13-6-9(7)16/h3-6,8H,2H2,1H3,(H2,12,18)(H,15,17). The van der Waals surface area contributed by atoms with Crippen LogP contribution in [0.2, 0.25) is 0 Å². The Morgan fingerprint density at radius 3 is 3.06 bits per heavy atom. The van der Waals surface area contributed by atoms with E-state index in [-0.39, 0.29) is 16.9 Å². The average molecular weight is 263 g/mol. The molecule has 1 unspecified atom stereocenters. The smallest absolute Gasteiger partial charge is 0.255 e. The van der Waals surface area contributed by atoms with Gasteiger partial charge in [0.25, 0.3) is 5.91 Å². The Kier molecular flexibility index (Phi) is 3.52. The molecule has 0 aliphatic carbocycles. The molecule has 18 heavy (non-hydrogen) atoms. The van der Waals surface area contributed by atoms with Gasteiger partial charge in [-0.1, -0.05) is 19.1 Å². The van der Waals surface area contributed by atoms with E-state index >= 15 is 0 Å². The predicted molar refractivity (Wildman–Crippen MR) is 71.3 cm³/mol. The van der Waals surface area contributed by atoms with Crippen molar-refractivity contribution >= 4 is 28.6 Å². The fourth-order valence-corrected chi connectivity index (χ4v) is 1.85. The number of hydrogen-bond acceptors (Lipinski definition) is 4. The van der Waals surface area contributed by atoms with Gasteiger partial charge in [0.05, 0.1) is 34.5 Å². The molecule has 3 N–H and O–H groups in total. The Labute approximate surface area is 109 Å². The Morgan fingerprint density at radius 2 is 2.39 bits per heavy atom. The van der Waals surface area contributed by atoms with Gasteiger partial charge in [0.2, 0.25) is 0 Å². The van der Waals surface area contributed by atoms with E-state index in [1.165, 1.54) is 6.20 Å². The van der Waals surface area contributed by atoms with Crippen molar-refractivity contribution in [1.29, 1.82) is 0 Å². The molecule has 0 saturated heterocycles. The summed E-state index contributed by atoms with van der Waals surface area (Å²) >= 11 is 4.89. The van der Waals surface area contributed by atoms with Crippen LogP contribution in [0.3, 0.4) is 0 Å². The van der Waals surface area contributed by atoms with Gasteiger partial charge >= 0.3 is 0 Å². The Morgan fingerprint density at radius 1 is 1.61 bits per heavy atom. The summed E-state index contributed by atoms with van der Waals surface area (Å²) in [4.78, 5) is 16.3. The summed E-state index contributed by atoms with van der Waals surface area (Å²) in [6, 6.07) is -0.306. The van der Waals surface area contributed by atoms with Crippen LogP contribution in [0.4, 0.5) is 0 Å². The molecule has 0 radical (unpaired) electrons. The van der Waals surface area contributed by atoms with Crippen molar-refractivity contribution in [3.63, 3.8) is 0 Å². The molecule has 2 rings (SSSR count). The van der Waals surface area contributed by atoms with E-state index < -0.39 is 0 Å². The topological polar surface area (TPSA) is 85.3 Å². The summed E-state index contributed by atoms with van der Waals surface area (Å²) in [5.41, 5.74) is 6.65. The molecule has 0 spiro atoms. The van der Waals surface area contributed by atoms with Gasteiger partial charge in [-0.25, -0.2) is 4.52 Å². The lowest BCUT2D eigenvalue weighted by Gasteiger charge is -2.14. The van der Waals surface area contributed by atoms with Crippen LogP contribution in [0.25, 0.3) is 5.52 Å². The number of rotatable bonds is 4. The fourth-order valence-electron chi connectivity index (χ4n) is 1.62. The number of nitrogens with two attached hydrogens (primary N) is 1. The van der Waals surface area contributed by atoms with Gasteiger partial charge in [-0.2, -0.15) is 5.10 Å². The third kappa shape index (κ3) is 2.30. The molecule has 0 bridgehead atoms. The highest BCUT2D eigenvalue weighted by Crippen LogP contribution is 2.09. The lowest BCUT2D eigenvalue weighted by Crippen LogP contribution is -2.42. The summed E-state index contributed by atoms with van der Waals surface area (Å²) in [5.74, 6) is -0.252. The predicted octanol–water partition coefficient (Wildman–Crippen LogP) is 0.524. The number of hydrogen-bond donors (Lipinski definition) is 2. The van der Waals surface area contributed by atoms with Gasteiger partial charge in [-0.05, 0) is 6.42 Å². The molecule has 7 heteroatoms. The number of nitrogens with zero attached hydrogens (tertiary/aromatic N) is 3. The third-order valence-corrected chi connectivity index (χ3v) is 2.91. The van der Waals surface area contributed by atoms with E-state index in [1.807, 2.05) is 6.92 Å². The number of amides is 1. The molecule has 1 amide bonds. The van der Waals surface area contributed by atoms with Crippen LogP contribution < -0.4 is 11.1 Å². The van der Waals surface area contributed by atoms with Crippen molar-refractivity contribution in [3.05, 3.63) is 30.4 Å². The maximum absolute atomic E-state index is 12.1. The van der Waals surface area contributed by atoms with E-state index in [0.29, 0.717) is 17.5 Å². The molecule has 6 nitrogen and oxygen atoms in total. The lowest BCUT2D eigenvalue weighted by atomic mass is 10.2. The first kappa shape index (κ1) is 12.4. The van der Waals surface area contributed by atoms with E-state index in [0.717, 1.165) is 0 Å². The van der Waals surface area contributed by atoms with Gasteiger partial charge in [-0.3, -0.25) is 9.78 Å². The van der Waals surface area contributed by atoms with Crippen LogP contribution in [-0.2, 0) is 0 Å². The van der Waals surface area contributed by atoms with Crippen molar-refractivity contribution in [1.82, 2.24) is 19.9 Å². The SMILES string of the molecule is CCC(NC(=O)c1cnn2ccncc12)C(N)=S. The Balaban J connectivity index is 2.26. The van der Waals surface area contributed by atoms with Gasteiger partial charge < -0.3 is 11.1 Å². The minimum absolute atomic E-state index is 0.252. The molecule has 0 saturated carbocycles. The van der Waals surface area contributed by atoms with Gasteiger partial charge in [0, 0.05) is 12.4 Å². The van der Waals surface area contributed by atoms with Crippen molar-refractivity contribution < 1.29 is 4.79 Å². The van der Waals surface area contributed by atoms with E-state index in [4.69, 9.17) is 18.0 Å². The van der Waals surface area contributed by atoms with Crippen LogP contribution in [0.1, 0.15) is 23.7 Å². The van der Waals surface area contributed by atoms with Crippen LogP contribution >= 0.6 is 12.2 Å². The van der Waals surface area contributed by atoms with Gasteiger partial charge in [0.1, 0.15) is 0 Å². The number of fused-ring (bicyclic) bond motifs is 1. The van der Waals surface area contributed by atoms with E-state index in [1.54, 1.807) is 23.1 Å². The number of carbonyl (C=O) groups is 1. The molecule has 94 valence electrons. The van der Waals surface area contributed by atoms with Crippen molar-refractivity contribution in [2.24, 2.45) is 5.73 Å². The summed E-state index contributed by atoms with van der Waals surface area (Å²) in [5, 5.41) is 6.84. The number of thiocarbonyl (C=S) groups is 1. The summed E-state index contributed by atoms with van der Waals surface area (Å²) in [6.07, 6.45) is 7.02. The molecular formula is C11H13N5OS. The monoisotopic (exact) mass is 263 g/mol. The first-order valence-corrected chi connectivity index (χ1v) is 5.91. The van der Waals surface area contributed by atoms with Crippen molar-refractivity contribution in [2.45, 2.75) is 19.4 Å². The average Bonchev–Trinajstić information content (AvgIpc) is 2.79. The maximum atomic E-state index is 12.1. The van der Waals surface area contributed by atoms with Crippen LogP contribution in [0, 0.1) is 0 Å². The largest absolute Gasteiger partial charge is 0.392 e. The van der Waals surface area contributed by atoms with Crippen molar-refractivity contribution in [2.75, 3.05) is 0 Å². The Bertz CT molecular complexity index is 594. The highest BCUT2D eigenvalue weighted by molar-refractivity contribution is 7.80. The zero-order valence-electron chi connectivity index (χ0n) is 9.83. The minimum atomic E-state index is -0.306. The lowest BCUT2D eigenvalue weighted by molar-refractivity contribution is 0.0948. The molecule has 1 atom stereocenters. The molecule has 0 fully saturated rings. The number of nitrogens with one attached hydrogen (secondary N) is 1. The molecule has 2 heterocycles. The number of carbonyl (C=O) groups excluding carboxylic acids is 1. The number of aromatic nitrogens is 3. The second kappa shape index (κ2) is 5.09. The fraction of sp³-hybridized carbons (Fsp3) is 0.273. The van der Waals surface area contributed by atoms with Crippen LogP contribution in [0.5, 0.6) is 0 Å². The van der Waals surface area contributed by atoms with Crippen LogP contribution in [0.15, 0.2) is 24.8 Å². The summed E-state index contributed by atoms with van der Waals surface area (Å²) in [6.45, 7) is 1.90. The van der Waals surface area contributed by atoms with Gasteiger partial charge in [-0.15, -0.1) is 0 Å². The van der Waals surface area contributed by atoms with E-state index in [2.05, 4.69) is 15.4 Å². The van der Waals surface area contributed by atoms with Crippen LogP contribution in [-0.4, -0.2) is 31.5 Å². The molecular weight excluding hydrogens is 250 g/mol. The molecule has 0 aliphatic heterocycles. The van der Waals surface area contributed by atoms with Gasteiger partial charge in [0.15, 0.2) is 0 Å². The summed E-state index contributed by atoms with van der Waals surface area (Å²) in [7, 11) is 0. The first-order chi connectivity index (χ1) is 8.63. The van der Waals surface area contributed by atoms with E-state index in [9.17, 15) is 4.79 Å². The Hall–Kier alpha value is -2.02. The normalized spacial score (nSPS) is 12.3. The molecule has 2 aromatic heterocycles. The molecule has 0 aliphatic rings. The third-order valence-electron chi connectivity index (χ3n) is 2.63. The zero-order valence-corrected chi connectivity index (χ0v) is 10.6. The first-order valence-electron chi connectivity index (χ1n) is 5.51. The maximum Gasteiger partial charge on any atom is 0.255 e. The quantitative estimate of drug-likeness (QED) is 0.786. The summed E-state index contributed by atoms with van der Waals surface area (Å²) < 4.78 is 1.59. The van der Waals surface area contributed by atoms with Crippen molar-refractivity contribution in [3.8, 4) is 0 Å².